The summed E-state index contributed by atoms with van der Waals surface area (Å²) in [5.41, 5.74) is -3.99. The summed E-state index contributed by atoms with van der Waals surface area (Å²) in [6.45, 7) is 2.49. The van der Waals surface area contributed by atoms with Gasteiger partial charge in [0, 0.05) is 6.20 Å². The summed E-state index contributed by atoms with van der Waals surface area (Å²) in [5, 5.41) is -0.990. The normalized spacial score (nSPS) is 13.6. The highest BCUT2D eigenvalue weighted by atomic mass is 32.2. The van der Waals surface area contributed by atoms with Crippen LogP contribution in [0.15, 0.2) is 12.3 Å². The fourth-order valence-electron chi connectivity index (χ4n) is 1.24. The van der Waals surface area contributed by atoms with Crippen LogP contribution in [0.1, 0.15) is 25.0 Å². The van der Waals surface area contributed by atoms with Gasteiger partial charge in [-0.15, -0.1) is 0 Å². The summed E-state index contributed by atoms with van der Waals surface area (Å²) in [7, 11) is -4.02. The van der Waals surface area contributed by atoms with Crippen molar-refractivity contribution in [3.8, 4) is 0 Å². The first-order valence-corrected chi connectivity index (χ1v) is 6.96. The van der Waals surface area contributed by atoms with E-state index in [0.29, 0.717) is 0 Å². The number of nitrogens with one attached hydrogen (secondary N) is 1. The molecule has 0 aliphatic heterocycles. The number of sulfonamides is 1. The van der Waals surface area contributed by atoms with E-state index in [1.165, 1.54) is 13.8 Å². The molecule has 0 aliphatic carbocycles. The lowest BCUT2D eigenvalue weighted by molar-refractivity contribution is -0.162. The molecular weight excluding hydrogens is 326 g/mol. The van der Waals surface area contributed by atoms with E-state index in [0.717, 1.165) is 0 Å². The first kappa shape index (κ1) is 17.5. The van der Waals surface area contributed by atoms with Crippen LogP contribution in [-0.4, -0.2) is 18.7 Å². The van der Waals surface area contributed by atoms with Crippen LogP contribution in [0.2, 0.25) is 0 Å². The molecule has 120 valence electrons. The third kappa shape index (κ3) is 4.22. The predicted molar refractivity (Wildman–Crippen MR) is 61.9 cm³/mol. The van der Waals surface area contributed by atoms with Crippen molar-refractivity contribution in [1.29, 1.82) is 0 Å². The molecule has 0 saturated carbocycles. The van der Waals surface area contributed by atoms with Gasteiger partial charge in [-0.25, -0.2) is 13.4 Å². The first-order chi connectivity index (χ1) is 9.25. The molecule has 0 spiro atoms. The van der Waals surface area contributed by atoms with Crippen molar-refractivity contribution in [2.45, 2.75) is 31.5 Å². The number of hydrogen-bond acceptors (Lipinski definition) is 3. The Hall–Kier alpha value is -1.52. The molecule has 0 saturated heterocycles. The molecule has 0 radical (unpaired) electrons. The van der Waals surface area contributed by atoms with Gasteiger partial charge in [-0.05, 0) is 19.9 Å². The van der Waals surface area contributed by atoms with Crippen molar-refractivity contribution in [2.24, 2.45) is 0 Å². The molecule has 0 unspecified atom stereocenters. The number of aromatic nitrogens is 1. The number of anilines is 1. The summed E-state index contributed by atoms with van der Waals surface area (Å²) in [4.78, 5) is 3.08. The summed E-state index contributed by atoms with van der Waals surface area (Å²) in [5.74, 6) is -0.830. The third-order valence-electron chi connectivity index (χ3n) is 2.38. The van der Waals surface area contributed by atoms with Gasteiger partial charge >= 0.3 is 12.4 Å². The highest BCUT2D eigenvalue weighted by Gasteiger charge is 2.43. The zero-order valence-electron chi connectivity index (χ0n) is 10.7. The number of alkyl halides is 6. The molecule has 4 nitrogen and oxygen atoms in total. The maximum atomic E-state index is 12.6. The quantitative estimate of drug-likeness (QED) is 0.862. The maximum absolute atomic E-state index is 12.6. The topological polar surface area (TPSA) is 59.1 Å². The lowest BCUT2D eigenvalue weighted by atomic mass is 10.1. The minimum atomic E-state index is -5.30. The largest absolute Gasteiger partial charge is 0.418 e. The van der Waals surface area contributed by atoms with Crippen LogP contribution in [0, 0.1) is 0 Å². The van der Waals surface area contributed by atoms with Crippen molar-refractivity contribution >= 4 is 15.8 Å². The highest BCUT2D eigenvalue weighted by Crippen LogP contribution is 2.40. The fourth-order valence-corrected chi connectivity index (χ4v) is 1.87. The van der Waals surface area contributed by atoms with Gasteiger partial charge in [-0.3, -0.25) is 4.72 Å². The molecule has 0 amide bonds. The van der Waals surface area contributed by atoms with Gasteiger partial charge in [0.2, 0.25) is 10.0 Å². The van der Waals surface area contributed by atoms with E-state index in [9.17, 15) is 34.8 Å². The summed E-state index contributed by atoms with van der Waals surface area (Å²) in [6, 6.07) is 0.0166. The van der Waals surface area contributed by atoms with Gasteiger partial charge < -0.3 is 0 Å². The van der Waals surface area contributed by atoms with E-state index in [-0.39, 0.29) is 12.3 Å². The van der Waals surface area contributed by atoms with E-state index >= 15 is 0 Å². The SMILES string of the molecule is CC(C)S(=O)(=O)Nc1cc(C(F)(F)F)c(C(F)(F)F)cn1. The second-order valence-corrected chi connectivity index (χ2v) is 6.54. The average Bonchev–Trinajstić information content (AvgIpc) is 2.25. The maximum Gasteiger partial charge on any atom is 0.418 e. The number of rotatable bonds is 3. The van der Waals surface area contributed by atoms with Crippen molar-refractivity contribution in [3.05, 3.63) is 23.4 Å². The minimum absolute atomic E-state index is 0.0166. The second-order valence-electron chi connectivity index (χ2n) is 4.31. The van der Waals surface area contributed by atoms with Crippen LogP contribution in [0.5, 0.6) is 0 Å². The molecule has 0 atom stereocenters. The first-order valence-electron chi connectivity index (χ1n) is 5.41. The third-order valence-corrected chi connectivity index (χ3v) is 4.12. The monoisotopic (exact) mass is 336 g/mol. The summed E-state index contributed by atoms with van der Waals surface area (Å²) in [6.07, 6.45) is -10.6. The number of hydrogen-bond donors (Lipinski definition) is 1. The molecule has 0 fully saturated rings. The Balaban J connectivity index is 3.37. The number of halogens is 6. The van der Waals surface area contributed by atoms with Crippen LogP contribution in [0.25, 0.3) is 0 Å². The Bertz CT molecular complexity index is 621. The van der Waals surface area contributed by atoms with E-state index < -0.39 is 44.6 Å². The Labute approximate surface area is 116 Å². The lowest BCUT2D eigenvalue weighted by Gasteiger charge is -2.17. The molecule has 1 heterocycles. The van der Waals surface area contributed by atoms with Gasteiger partial charge in [-0.2, -0.15) is 26.3 Å². The molecule has 1 aromatic rings. The predicted octanol–water partition coefficient (Wildman–Crippen LogP) is 3.27. The zero-order chi connectivity index (χ0) is 16.6. The van der Waals surface area contributed by atoms with E-state index in [1.807, 2.05) is 0 Å². The smallest absolute Gasteiger partial charge is 0.267 e. The Kier molecular flexibility index (Phi) is 4.47. The van der Waals surface area contributed by atoms with Gasteiger partial charge in [-0.1, -0.05) is 0 Å². The molecule has 1 N–H and O–H groups in total. The number of pyridine rings is 1. The van der Waals surface area contributed by atoms with E-state index in [1.54, 1.807) is 4.72 Å². The van der Waals surface area contributed by atoms with Gasteiger partial charge in [0.05, 0.1) is 16.4 Å². The Morgan fingerprint density at radius 3 is 1.90 bits per heavy atom. The van der Waals surface area contributed by atoms with Crippen LogP contribution < -0.4 is 4.72 Å². The van der Waals surface area contributed by atoms with Gasteiger partial charge in [0.25, 0.3) is 0 Å². The molecule has 1 rings (SSSR count). The Morgan fingerprint density at radius 1 is 1.05 bits per heavy atom. The molecular formula is C10H10F6N2O2S. The van der Waals surface area contributed by atoms with Gasteiger partial charge in [0.1, 0.15) is 5.82 Å². The molecule has 1 aromatic heterocycles. The summed E-state index contributed by atoms with van der Waals surface area (Å²) >= 11 is 0. The van der Waals surface area contributed by atoms with Crippen molar-refractivity contribution < 1.29 is 34.8 Å². The highest BCUT2D eigenvalue weighted by molar-refractivity contribution is 7.93. The molecule has 0 bridgehead atoms. The van der Waals surface area contributed by atoms with Crippen molar-refractivity contribution in [2.75, 3.05) is 4.72 Å². The van der Waals surface area contributed by atoms with E-state index in [4.69, 9.17) is 0 Å². The van der Waals surface area contributed by atoms with E-state index in [2.05, 4.69) is 4.98 Å². The lowest BCUT2D eigenvalue weighted by Crippen LogP contribution is -2.24. The van der Waals surface area contributed by atoms with Crippen molar-refractivity contribution in [3.63, 3.8) is 0 Å². The van der Waals surface area contributed by atoms with Crippen LogP contribution >= 0.6 is 0 Å². The molecule has 21 heavy (non-hydrogen) atoms. The standard InChI is InChI=1S/C10H10F6N2O2S/c1-5(2)21(19,20)18-8-3-6(9(11,12)13)7(4-17-8)10(14,15)16/h3-5H,1-2H3,(H,17,18). The summed E-state index contributed by atoms with van der Waals surface area (Å²) < 4.78 is 100. The van der Waals surface area contributed by atoms with Gasteiger partial charge in [0.15, 0.2) is 0 Å². The fraction of sp³-hybridized carbons (Fsp3) is 0.500. The molecule has 0 aliphatic rings. The van der Waals surface area contributed by atoms with Crippen LogP contribution in [0.3, 0.4) is 0 Å². The Morgan fingerprint density at radius 2 is 1.52 bits per heavy atom. The van der Waals surface area contributed by atoms with Crippen LogP contribution in [-0.2, 0) is 22.4 Å². The van der Waals surface area contributed by atoms with Crippen LogP contribution in [0.4, 0.5) is 32.2 Å². The molecule has 0 aromatic carbocycles. The second kappa shape index (κ2) is 5.35. The molecule has 11 heteroatoms. The average molecular weight is 336 g/mol. The number of nitrogens with zero attached hydrogens (tertiary/aromatic N) is 1. The zero-order valence-corrected chi connectivity index (χ0v) is 11.5. The minimum Gasteiger partial charge on any atom is -0.267 e. The van der Waals surface area contributed by atoms with Crippen molar-refractivity contribution in [1.82, 2.24) is 4.98 Å².